The third kappa shape index (κ3) is 3.81. The number of fused-ring (bicyclic) bond motifs is 2. The number of carbonyl (C=O) groups excluding carboxylic acids is 1. The molecule has 0 spiro atoms. The predicted molar refractivity (Wildman–Crippen MR) is 121 cm³/mol. The lowest BCUT2D eigenvalue weighted by Crippen LogP contribution is -2.29. The molecule has 0 radical (unpaired) electrons. The summed E-state index contributed by atoms with van der Waals surface area (Å²) in [6, 6.07) is 5.74. The first kappa shape index (κ1) is 20.8. The van der Waals surface area contributed by atoms with Crippen molar-refractivity contribution in [2.45, 2.75) is 70.6 Å². The molecule has 7 nitrogen and oxygen atoms in total. The van der Waals surface area contributed by atoms with Crippen molar-refractivity contribution in [1.82, 2.24) is 15.0 Å². The lowest BCUT2D eigenvalue weighted by molar-refractivity contribution is 0.0234. The van der Waals surface area contributed by atoms with E-state index in [9.17, 15) is 4.79 Å². The Morgan fingerprint density at radius 1 is 1.12 bits per heavy atom. The normalized spacial score (nSPS) is 20.7. The minimum atomic E-state index is -0.558. The second-order valence-corrected chi connectivity index (χ2v) is 9.55. The van der Waals surface area contributed by atoms with Crippen molar-refractivity contribution in [2.75, 3.05) is 0 Å². The molecule has 2 aliphatic rings. The van der Waals surface area contributed by atoms with Gasteiger partial charge in [-0.3, -0.25) is 9.97 Å². The number of cyclic esters (lactones) is 1. The van der Waals surface area contributed by atoms with Crippen molar-refractivity contribution in [1.29, 1.82) is 0 Å². The third-order valence-corrected chi connectivity index (χ3v) is 6.28. The first-order valence-corrected chi connectivity index (χ1v) is 11.1. The van der Waals surface area contributed by atoms with Gasteiger partial charge in [0.15, 0.2) is 0 Å². The van der Waals surface area contributed by atoms with E-state index in [0.717, 1.165) is 46.3 Å². The van der Waals surface area contributed by atoms with E-state index >= 15 is 0 Å². The molecule has 3 aromatic heterocycles. The molecule has 1 saturated carbocycles. The van der Waals surface area contributed by atoms with Crippen LogP contribution in [0, 0.1) is 0 Å². The fraction of sp³-hybridized carbons (Fsp3) is 0.440. The van der Waals surface area contributed by atoms with Gasteiger partial charge in [0, 0.05) is 41.7 Å². The molecule has 2 atom stereocenters. The van der Waals surface area contributed by atoms with Gasteiger partial charge in [-0.1, -0.05) is 6.92 Å². The molecule has 2 N–H and O–H groups in total. The van der Waals surface area contributed by atoms with Gasteiger partial charge in [0.2, 0.25) is 5.88 Å². The van der Waals surface area contributed by atoms with Gasteiger partial charge in [-0.25, -0.2) is 9.78 Å². The maximum absolute atomic E-state index is 12.2. The zero-order valence-electron chi connectivity index (χ0n) is 18.9. The van der Waals surface area contributed by atoms with E-state index in [1.54, 1.807) is 0 Å². The van der Waals surface area contributed by atoms with Gasteiger partial charge in [-0.2, -0.15) is 0 Å². The van der Waals surface area contributed by atoms with Crippen LogP contribution >= 0.6 is 0 Å². The largest absolute Gasteiger partial charge is 0.474 e. The maximum Gasteiger partial charge on any atom is 0.340 e. The Balaban J connectivity index is 1.53. The first-order chi connectivity index (χ1) is 15.2. The van der Waals surface area contributed by atoms with Crippen LogP contribution in [0.15, 0.2) is 30.6 Å². The molecule has 166 valence electrons. The summed E-state index contributed by atoms with van der Waals surface area (Å²) in [6.45, 7) is 7.87. The van der Waals surface area contributed by atoms with Crippen LogP contribution in [0.3, 0.4) is 0 Å². The van der Waals surface area contributed by atoms with E-state index in [0.29, 0.717) is 17.9 Å². The van der Waals surface area contributed by atoms with Crippen molar-refractivity contribution in [2.24, 2.45) is 5.73 Å². The molecule has 5 rings (SSSR count). The number of carbonyl (C=O) groups is 1. The molecule has 0 saturated heterocycles. The second kappa shape index (κ2) is 7.52. The summed E-state index contributed by atoms with van der Waals surface area (Å²) in [4.78, 5) is 26.2. The van der Waals surface area contributed by atoms with E-state index in [1.807, 2.05) is 52.2 Å². The highest BCUT2D eigenvalue weighted by Gasteiger charge is 2.31. The summed E-state index contributed by atoms with van der Waals surface area (Å²) in [7, 11) is 0. The molecular weight excluding hydrogens is 404 g/mol. The Bertz CT molecular complexity index is 1210. The van der Waals surface area contributed by atoms with Gasteiger partial charge in [-0.05, 0) is 62.8 Å². The number of rotatable bonds is 5. The number of nitrogens with zero attached hydrogens (tertiary/aromatic N) is 3. The Morgan fingerprint density at radius 3 is 2.62 bits per heavy atom. The molecule has 4 heterocycles. The van der Waals surface area contributed by atoms with Gasteiger partial charge in [0.1, 0.15) is 12.2 Å². The third-order valence-electron chi connectivity index (χ3n) is 6.28. The number of nitrogens with two attached hydrogens (primary N) is 1. The van der Waals surface area contributed by atoms with Crippen molar-refractivity contribution in [3.8, 4) is 5.88 Å². The van der Waals surface area contributed by atoms with Gasteiger partial charge < -0.3 is 15.2 Å². The molecule has 3 aromatic rings. The van der Waals surface area contributed by atoms with Crippen LogP contribution in [0.5, 0.6) is 5.88 Å². The standard InChI is InChI=1S/C25H28N4O3/c1-13-14(2)31-24(30)18-8-5-15(29-22(13)18)9-16-10-19-20(11-27-16)23(32-17-6-7-17)28-12-21(19)25(3,4)26/h5,8,10-14,17H,6-7,9,26H2,1-4H3/t13-,14-/m0/s1. The van der Waals surface area contributed by atoms with Gasteiger partial charge >= 0.3 is 5.97 Å². The number of esters is 1. The minimum absolute atomic E-state index is 0.0464. The van der Waals surface area contributed by atoms with Crippen LogP contribution in [-0.2, 0) is 16.7 Å². The van der Waals surface area contributed by atoms with Gasteiger partial charge in [0.25, 0.3) is 0 Å². The Kier molecular flexibility index (Phi) is 4.89. The molecule has 1 aliphatic heterocycles. The summed E-state index contributed by atoms with van der Waals surface area (Å²) >= 11 is 0. The number of hydrogen-bond acceptors (Lipinski definition) is 7. The molecular formula is C25H28N4O3. The summed E-state index contributed by atoms with van der Waals surface area (Å²) in [5, 5.41) is 1.87. The Hall–Kier alpha value is -3.06. The average molecular weight is 433 g/mol. The highest BCUT2D eigenvalue weighted by atomic mass is 16.5. The fourth-order valence-corrected chi connectivity index (χ4v) is 4.08. The maximum atomic E-state index is 12.2. The lowest BCUT2D eigenvalue weighted by atomic mass is 9.92. The Morgan fingerprint density at radius 2 is 1.91 bits per heavy atom. The SMILES string of the molecule is C[C@@H]1OC(=O)c2ccc(Cc3cc4c(C(C)(C)N)cnc(OC5CC5)c4cn3)nc2[C@H]1C. The number of aromatic nitrogens is 3. The minimum Gasteiger partial charge on any atom is -0.474 e. The number of hydrogen-bond donors (Lipinski definition) is 1. The van der Waals surface area contributed by atoms with Crippen LogP contribution in [0.2, 0.25) is 0 Å². The summed E-state index contributed by atoms with van der Waals surface area (Å²) < 4.78 is 11.4. The fourth-order valence-electron chi connectivity index (χ4n) is 4.08. The number of ether oxygens (including phenoxy) is 2. The van der Waals surface area contributed by atoms with Gasteiger partial charge in [-0.15, -0.1) is 0 Å². The van der Waals surface area contributed by atoms with E-state index < -0.39 is 5.54 Å². The predicted octanol–water partition coefficient (Wildman–Crippen LogP) is 4.01. The van der Waals surface area contributed by atoms with E-state index in [-0.39, 0.29) is 24.1 Å². The lowest BCUT2D eigenvalue weighted by Gasteiger charge is -2.27. The summed E-state index contributed by atoms with van der Waals surface area (Å²) in [5.74, 6) is 0.354. The Labute approximate surface area is 187 Å². The van der Waals surface area contributed by atoms with Gasteiger partial charge in [0.05, 0.1) is 16.6 Å². The summed E-state index contributed by atoms with van der Waals surface area (Å²) in [6.07, 6.45) is 6.37. The molecule has 1 fully saturated rings. The van der Waals surface area contributed by atoms with Crippen LogP contribution < -0.4 is 10.5 Å². The monoisotopic (exact) mass is 432 g/mol. The molecule has 0 unspecified atom stereocenters. The molecule has 1 aliphatic carbocycles. The molecule has 32 heavy (non-hydrogen) atoms. The topological polar surface area (TPSA) is 100 Å². The zero-order chi connectivity index (χ0) is 22.6. The van der Waals surface area contributed by atoms with Crippen molar-refractivity contribution < 1.29 is 14.3 Å². The highest BCUT2D eigenvalue weighted by molar-refractivity contribution is 5.92. The van der Waals surface area contributed by atoms with Crippen LogP contribution in [-0.4, -0.2) is 33.1 Å². The summed E-state index contributed by atoms with van der Waals surface area (Å²) in [5.41, 5.74) is 9.91. The zero-order valence-corrected chi connectivity index (χ0v) is 18.9. The van der Waals surface area contributed by atoms with Crippen molar-refractivity contribution in [3.05, 3.63) is 58.8 Å². The smallest absolute Gasteiger partial charge is 0.340 e. The molecule has 0 aromatic carbocycles. The second-order valence-electron chi connectivity index (χ2n) is 9.55. The van der Waals surface area contributed by atoms with Crippen LogP contribution in [0.1, 0.15) is 79.5 Å². The highest BCUT2D eigenvalue weighted by Crippen LogP contribution is 2.35. The van der Waals surface area contributed by atoms with Crippen molar-refractivity contribution >= 4 is 16.7 Å². The van der Waals surface area contributed by atoms with Crippen LogP contribution in [0.25, 0.3) is 10.8 Å². The van der Waals surface area contributed by atoms with E-state index in [1.165, 1.54) is 0 Å². The first-order valence-electron chi connectivity index (χ1n) is 11.1. The van der Waals surface area contributed by atoms with E-state index in [4.69, 9.17) is 20.2 Å². The molecule has 0 bridgehead atoms. The molecule has 7 heteroatoms. The van der Waals surface area contributed by atoms with Crippen LogP contribution in [0.4, 0.5) is 0 Å². The quantitative estimate of drug-likeness (QED) is 0.608. The van der Waals surface area contributed by atoms with E-state index in [2.05, 4.69) is 16.0 Å². The molecule has 0 amide bonds. The van der Waals surface area contributed by atoms with Crippen molar-refractivity contribution in [3.63, 3.8) is 0 Å². The number of pyridine rings is 3. The average Bonchev–Trinajstić information content (AvgIpc) is 3.55.